The Hall–Kier alpha value is -0.410. The minimum absolute atomic E-state index is 0.175. The largest absolute Gasteiger partial charge is 0.393 e. The van der Waals surface area contributed by atoms with Gasteiger partial charge in [-0.05, 0) is 111 Å². The normalized spacial score (nSPS) is 52.9. The summed E-state index contributed by atoms with van der Waals surface area (Å²) in [5.74, 6) is 3.99. The number of hydrogen-bond donors (Lipinski definition) is 2. The zero-order valence-electron chi connectivity index (χ0n) is 19.4. The van der Waals surface area contributed by atoms with Gasteiger partial charge in [0.05, 0.1) is 12.2 Å². The topological polar surface area (TPSA) is 57.5 Å². The second kappa shape index (κ2) is 7.62. The second-order valence-corrected chi connectivity index (χ2v) is 12.1. The number of aliphatic hydroxyl groups is 2. The molecule has 29 heavy (non-hydrogen) atoms. The lowest BCUT2D eigenvalue weighted by molar-refractivity contribution is -0.199. The monoisotopic (exact) mass is 404 g/mol. The predicted molar refractivity (Wildman–Crippen MR) is 116 cm³/mol. The SMILES string of the molecule is CC(=O)CC[C@@H](C)[C@H]1CCC2C3C(CC[C@@]21C)[C@@]1(C)CC[C@@H](O)C[C@H]1[C@@H](C)[C@@H]3O. The van der Waals surface area contributed by atoms with Gasteiger partial charge in [-0.2, -0.15) is 0 Å². The van der Waals surface area contributed by atoms with Gasteiger partial charge < -0.3 is 15.0 Å². The zero-order chi connectivity index (χ0) is 21.1. The van der Waals surface area contributed by atoms with E-state index >= 15 is 0 Å². The summed E-state index contributed by atoms with van der Waals surface area (Å²) in [7, 11) is 0. The molecule has 0 amide bonds. The number of carbonyl (C=O) groups is 1. The van der Waals surface area contributed by atoms with E-state index in [0.717, 1.165) is 25.7 Å². The molecular formula is C26H44O3. The Morgan fingerprint density at radius 3 is 2.34 bits per heavy atom. The average Bonchev–Trinajstić information content (AvgIpc) is 3.02. The quantitative estimate of drug-likeness (QED) is 0.675. The molecule has 0 aromatic rings. The van der Waals surface area contributed by atoms with Crippen molar-refractivity contribution in [3.63, 3.8) is 0 Å². The van der Waals surface area contributed by atoms with Crippen molar-refractivity contribution in [2.75, 3.05) is 0 Å². The third kappa shape index (κ3) is 3.34. The lowest BCUT2D eigenvalue weighted by atomic mass is 9.42. The van der Waals surface area contributed by atoms with Crippen LogP contribution in [0, 0.1) is 52.3 Å². The Morgan fingerprint density at radius 1 is 1.00 bits per heavy atom. The maximum Gasteiger partial charge on any atom is 0.129 e. The molecule has 4 aliphatic carbocycles. The van der Waals surface area contributed by atoms with E-state index in [1.54, 1.807) is 6.92 Å². The molecule has 0 heterocycles. The number of fused-ring (bicyclic) bond motifs is 5. The van der Waals surface area contributed by atoms with Crippen LogP contribution in [0.15, 0.2) is 0 Å². The summed E-state index contributed by atoms with van der Waals surface area (Å²) < 4.78 is 0. The van der Waals surface area contributed by atoms with Crippen LogP contribution in [-0.4, -0.2) is 28.2 Å². The molecule has 4 saturated carbocycles. The van der Waals surface area contributed by atoms with Crippen molar-refractivity contribution in [3.05, 3.63) is 0 Å². The van der Waals surface area contributed by atoms with Crippen molar-refractivity contribution >= 4 is 5.78 Å². The average molecular weight is 405 g/mol. The second-order valence-electron chi connectivity index (χ2n) is 12.1. The Balaban J connectivity index is 1.59. The summed E-state index contributed by atoms with van der Waals surface area (Å²) in [6.07, 6.45) is 9.31. The van der Waals surface area contributed by atoms with Gasteiger partial charge >= 0.3 is 0 Å². The molecule has 0 aliphatic heterocycles. The van der Waals surface area contributed by atoms with E-state index in [4.69, 9.17) is 0 Å². The van der Waals surface area contributed by atoms with Crippen LogP contribution in [0.5, 0.6) is 0 Å². The van der Waals surface area contributed by atoms with Gasteiger partial charge in [-0.3, -0.25) is 0 Å². The van der Waals surface area contributed by atoms with Crippen LogP contribution in [0.4, 0.5) is 0 Å². The van der Waals surface area contributed by atoms with Gasteiger partial charge in [0.15, 0.2) is 0 Å². The van der Waals surface area contributed by atoms with Crippen LogP contribution < -0.4 is 0 Å². The summed E-state index contributed by atoms with van der Waals surface area (Å²) in [6.45, 7) is 11.4. The van der Waals surface area contributed by atoms with E-state index in [0.29, 0.717) is 53.1 Å². The first kappa shape index (κ1) is 21.8. The lowest BCUT2D eigenvalue weighted by Gasteiger charge is -2.64. The van der Waals surface area contributed by atoms with Crippen LogP contribution in [0.3, 0.4) is 0 Å². The highest BCUT2D eigenvalue weighted by Crippen LogP contribution is 2.69. The van der Waals surface area contributed by atoms with Gasteiger partial charge in [-0.1, -0.05) is 27.7 Å². The summed E-state index contributed by atoms with van der Waals surface area (Å²) in [5.41, 5.74) is 0.595. The van der Waals surface area contributed by atoms with Crippen LogP contribution in [0.2, 0.25) is 0 Å². The minimum Gasteiger partial charge on any atom is -0.393 e. The first-order valence-electron chi connectivity index (χ1n) is 12.4. The molecule has 0 bridgehead atoms. The van der Waals surface area contributed by atoms with Gasteiger partial charge in [-0.15, -0.1) is 0 Å². The van der Waals surface area contributed by atoms with Crippen molar-refractivity contribution in [1.29, 1.82) is 0 Å². The molecule has 3 nitrogen and oxygen atoms in total. The van der Waals surface area contributed by atoms with Gasteiger partial charge in [0.25, 0.3) is 0 Å². The number of aliphatic hydroxyl groups excluding tert-OH is 2. The summed E-state index contributed by atoms with van der Waals surface area (Å²) in [6, 6.07) is 0. The predicted octanol–water partition coefficient (Wildman–Crippen LogP) is 5.23. The van der Waals surface area contributed by atoms with Crippen LogP contribution >= 0.6 is 0 Å². The van der Waals surface area contributed by atoms with E-state index in [2.05, 4.69) is 27.7 Å². The third-order valence-corrected chi connectivity index (χ3v) is 10.8. The molecule has 0 spiro atoms. The maximum atomic E-state index is 11.5. The highest BCUT2D eigenvalue weighted by molar-refractivity contribution is 5.75. The molecule has 0 aromatic carbocycles. The van der Waals surface area contributed by atoms with E-state index in [-0.39, 0.29) is 23.5 Å². The van der Waals surface area contributed by atoms with Crippen LogP contribution in [0.25, 0.3) is 0 Å². The van der Waals surface area contributed by atoms with Crippen LogP contribution in [-0.2, 0) is 4.79 Å². The molecule has 4 fully saturated rings. The molecule has 11 atom stereocenters. The van der Waals surface area contributed by atoms with E-state index in [1.807, 2.05) is 0 Å². The van der Waals surface area contributed by atoms with Crippen molar-refractivity contribution in [1.82, 2.24) is 0 Å². The Morgan fingerprint density at radius 2 is 1.66 bits per heavy atom. The molecule has 0 saturated heterocycles. The molecule has 0 aromatic heterocycles. The van der Waals surface area contributed by atoms with Gasteiger partial charge in [-0.25, -0.2) is 0 Å². The molecule has 3 unspecified atom stereocenters. The molecule has 0 radical (unpaired) electrons. The smallest absolute Gasteiger partial charge is 0.129 e. The number of Topliss-reactive ketones (excluding diaryl/α,β-unsaturated/α-hetero) is 1. The molecule has 3 heteroatoms. The first-order chi connectivity index (χ1) is 13.6. The maximum absolute atomic E-state index is 11.5. The van der Waals surface area contributed by atoms with Crippen molar-refractivity contribution < 1.29 is 15.0 Å². The fourth-order valence-corrected chi connectivity index (χ4v) is 9.26. The third-order valence-electron chi connectivity index (χ3n) is 10.8. The standard InChI is InChI=1S/C26H44O3/c1-15(6-7-16(2)27)19-8-9-20-23-21(11-13-25(19,20)4)26(5)12-10-18(28)14-22(26)17(3)24(23)29/h15,17-24,28-29H,6-14H2,1-5H3/t15-,17-,18-,19-,20?,21?,22+,23?,24+,25-,26-/m1/s1. The van der Waals surface area contributed by atoms with Gasteiger partial charge in [0.1, 0.15) is 5.78 Å². The summed E-state index contributed by atoms with van der Waals surface area (Å²) in [4.78, 5) is 11.5. The summed E-state index contributed by atoms with van der Waals surface area (Å²) >= 11 is 0. The fourth-order valence-electron chi connectivity index (χ4n) is 9.26. The highest BCUT2D eigenvalue weighted by atomic mass is 16.3. The Labute approximate surface area is 178 Å². The fraction of sp³-hybridized carbons (Fsp3) is 0.962. The molecular weight excluding hydrogens is 360 g/mol. The van der Waals surface area contributed by atoms with E-state index in [9.17, 15) is 15.0 Å². The lowest BCUT2D eigenvalue weighted by Crippen LogP contribution is -2.61. The molecule has 166 valence electrons. The van der Waals surface area contributed by atoms with Gasteiger partial charge in [0, 0.05) is 6.42 Å². The molecule has 2 N–H and O–H groups in total. The van der Waals surface area contributed by atoms with Crippen molar-refractivity contribution in [2.24, 2.45) is 52.3 Å². The number of ketones is 1. The number of hydrogen-bond acceptors (Lipinski definition) is 3. The molecule has 4 aliphatic rings. The summed E-state index contributed by atoms with van der Waals surface area (Å²) in [5, 5.41) is 21.9. The van der Waals surface area contributed by atoms with Crippen LogP contribution in [0.1, 0.15) is 92.4 Å². The number of rotatable bonds is 4. The Bertz CT molecular complexity index is 631. The minimum atomic E-state index is -0.223. The molecule has 4 rings (SSSR count). The van der Waals surface area contributed by atoms with E-state index in [1.165, 1.54) is 25.7 Å². The van der Waals surface area contributed by atoms with Crippen molar-refractivity contribution in [3.8, 4) is 0 Å². The van der Waals surface area contributed by atoms with E-state index < -0.39 is 0 Å². The van der Waals surface area contributed by atoms with Gasteiger partial charge in [0.2, 0.25) is 0 Å². The number of carbonyl (C=O) groups excluding carboxylic acids is 1. The van der Waals surface area contributed by atoms with Crippen molar-refractivity contribution in [2.45, 2.75) is 105 Å². The first-order valence-corrected chi connectivity index (χ1v) is 12.4. The Kier molecular flexibility index (Phi) is 5.73. The highest BCUT2D eigenvalue weighted by Gasteiger charge is 2.64. The zero-order valence-corrected chi connectivity index (χ0v) is 19.4.